The first-order valence-corrected chi connectivity index (χ1v) is 10.1. The molecule has 1 N–H and O–H groups in total. The zero-order valence-electron chi connectivity index (χ0n) is 15.7. The van der Waals surface area contributed by atoms with Gasteiger partial charge >= 0.3 is 0 Å². The Morgan fingerprint density at radius 2 is 1.76 bits per heavy atom. The van der Waals surface area contributed by atoms with Crippen LogP contribution in [0.15, 0.2) is 65.8 Å². The largest absolute Gasteiger partial charge is 0.490 e. The maximum absolute atomic E-state index is 6.02. The third kappa shape index (κ3) is 6.29. The summed E-state index contributed by atoms with van der Waals surface area (Å²) < 4.78 is 11.6. The number of hydrogen-bond donors (Lipinski definition) is 1. The lowest BCUT2D eigenvalue weighted by Crippen LogP contribution is -2.00. The number of anilines is 1. The Balaban J connectivity index is 1.68. The van der Waals surface area contributed by atoms with Crippen molar-refractivity contribution in [3.63, 3.8) is 0 Å². The van der Waals surface area contributed by atoms with Gasteiger partial charge in [-0.25, -0.2) is 0 Å². The highest BCUT2D eigenvalue weighted by Crippen LogP contribution is 2.29. The van der Waals surface area contributed by atoms with E-state index in [1.807, 2.05) is 49.4 Å². The highest BCUT2D eigenvalue weighted by atomic mass is 35.5. The lowest BCUT2D eigenvalue weighted by atomic mass is 10.2. The first kappa shape index (κ1) is 21.3. The van der Waals surface area contributed by atoms with Gasteiger partial charge in [-0.3, -0.25) is 5.43 Å². The van der Waals surface area contributed by atoms with E-state index in [9.17, 15) is 0 Å². The standard InChI is InChI=1S/C22H19Cl3N2O2/c1-2-28-22-11-15(13-26-27-18-7-8-19(24)20(25)12-18)6-9-21(22)29-14-16-4-3-5-17(23)10-16/h3-13,27H,2,14H2,1H3. The first-order chi connectivity index (χ1) is 14.0. The van der Waals surface area contributed by atoms with Gasteiger partial charge in [0.05, 0.1) is 28.6 Å². The van der Waals surface area contributed by atoms with Gasteiger partial charge in [0.15, 0.2) is 11.5 Å². The average Bonchev–Trinajstić information content (AvgIpc) is 2.70. The molecule has 150 valence electrons. The number of ether oxygens (including phenoxy) is 2. The van der Waals surface area contributed by atoms with Crippen molar-refractivity contribution in [2.24, 2.45) is 5.10 Å². The number of rotatable bonds is 8. The van der Waals surface area contributed by atoms with E-state index in [2.05, 4.69) is 10.5 Å². The van der Waals surface area contributed by atoms with Crippen molar-refractivity contribution < 1.29 is 9.47 Å². The number of nitrogens with zero attached hydrogens (tertiary/aromatic N) is 1. The molecule has 0 atom stereocenters. The summed E-state index contributed by atoms with van der Waals surface area (Å²) in [6.45, 7) is 2.84. The minimum absolute atomic E-state index is 0.396. The number of benzene rings is 3. The molecule has 0 aromatic heterocycles. The molecule has 7 heteroatoms. The van der Waals surface area contributed by atoms with Gasteiger partial charge < -0.3 is 9.47 Å². The van der Waals surface area contributed by atoms with Gasteiger partial charge in [0.25, 0.3) is 0 Å². The molecule has 0 amide bonds. The van der Waals surface area contributed by atoms with Crippen molar-refractivity contribution >= 4 is 46.7 Å². The molecule has 0 saturated heterocycles. The number of hydrogen-bond acceptors (Lipinski definition) is 4. The smallest absolute Gasteiger partial charge is 0.161 e. The molecule has 0 saturated carbocycles. The molecule has 0 heterocycles. The quantitative estimate of drug-likeness (QED) is 0.295. The van der Waals surface area contributed by atoms with Crippen molar-refractivity contribution in [2.45, 2.75) is 13.5 Å². The highest BCUT2D eigenvalue weighted by molar-refractivity contribution is 6.42. The van der Waals surface area contributed by atoms with E-state index in [0.29, 0.717) is 39.8 Å². The SMILES string of the molecule is CCOc1cc(C=NNc2ccc(Cl)c(Cl)c2)ccc1OCc1cccc(Cl)c1. The zero-order valence-corrected chi connectivity index (χ0v) is 17.9. The summed E-state index contributed by atoms with van der Waals surface area (Å²) in [5.41, 5.74) is 5.50. The molecular weight excluding hydrogens is 431 g/mol. The van der Waals surface area contributed by atoms with Crippen molar-refractivity contribution in [2.75, 3.05) is 12.0 Å². The second-order valence-electron chi connectivity index (χ2n) is 6.06. The van der Waals surface area contributed by atoms with Crippen LogP contribution >= 0.6 is 34.8 Å². The highest BCUT2D eigenvalue weighted by Gasteiger charge is 2.07. The second-order valence-corrected chi connectivity index (χ2v) is 7.31. The van der Waals surface area contributed by atoms with Gasteiger partial charge in [0, 0.05) is 5.02 Å². The summed E-state index contributed by atoms with van der Waals surface area (Å²) in [7, 11) is 0. The maximum atomic E-state index is 6.02. The number of halogens is 3. The minimum atomic E-state index is 0.396. The van der Waals surface area contributed by atoms with Gasteiger partial charge in [0.2, 0.25) is 0 Å². The van der Waals surface area contributed by atoms with E-state index in [4.69, 9.17) is 44.3 Å². The Morgan fingerprint density at radius 1 is 0.897 bits per heavy atom. The summed E-state index contributed by atoms with van der Waals surface area (Å²) in [4.78, 5) is 0. The van der Waals surface area contributed by atoms with Crippen LogP contribution in [-0.4, -0.2) is 12.8 Å². The summed E-state index contributed by atoms with van der Waals surface area (Å²) >= 11 is 17.9. The van der Waals surface area contributed by atoms with Crippen LogP contribution in [0.1, 0.15) is 18.1 Å². The lowest BCUT2D eigenvalue weighted by molar-refractivity contribution is 0.269. The Hall–Kier alpha value is -2.40. The van der Waals surface area contributed by atoms with Crippen LogP contribution in [0.25, 0.3) is 0 Å². The van der Waals surface area contributed by atoms with Crippen molar-refractivity contribution in [1.82, 2.24) is 0 Å². The van der Waals surface area contributed by atoms with Crippen LogP contribution in [0, 0.1) is 0 Å². The normalized spacial score (nSPS) is 10.9. The van der Waals surface area contributed by atoms with E-state index in [-0.39, 0.29) is 0 Å². The summed E-state index contributed by atoms with van der Waals surface area (Å²) in [5.74, 6) is 1.30. The Kier molecular flexibility index (Phi) is 7.64. The van der Waals surface area contributed by atoms with Crippen molar-refractivity contribution in [1.29, 1.82) is 0 Å². The molecule has 0 unspecified atom stereocenters. The van der Waals surface area contributed by atoms with Crippen molar-refractivity contribution in [3.8, 4) is 11.5 Å². The van der Waals surface area contributed by atoms with Crippen LogP contribution in [0.3, 0.4) is 0 Å². The molecule has 29 heavy (non-hydrogen) atoms. The lowest BCUT2D eigenvalue weighted by Gasteiger charge is -2.13. The molecule has 0 fully saturated rings. The van der Waals surface area contributed by atoms with Gasteiger partial charge in [-0.15, -0.1) is 0 Å². The van der Waals surface area contributed by atoms with E-state index < -0.39 is 0 Å². The predicted molar refractivity (Wildman–Crippen MR) is 121 cm³/mol. The average molecular weight is 450 g/mol. The number of nitrogens with one attached hydrogen (secondary N) is 1. The van der Waals surface area contributed by atoms with Gasteiger partial charge in [0.1, 0.15) is 6.61 Å². The predicted octanol–water partition coefficient (Wildman–Crippen LogP) is 7.07. The van der Waals surface area contributed by atoms with E-state index in [1.165, 1.54) is 0 Å². The van der Waals surface area contributed by atoms with Crippen LogP contribution < -0.4 is 14.9 Å². The minimum Gasteiger partial charge on any atom is -0.490 e. The fraction of sp³-hybridized carbons (Fsp3) is 0.136. The molecule has 3 aromatic rings. The van der Waals surface area contributed by atoms with E-state index in [1.54, 1.807) is 24.4 Å². The summed E-state index contributed by atoms with van der Waals surface area (Å²) in [6, 6.07) is 18.4. The zero-order chi connectivity index (χ0) is 20.6. The third-order valence-corrected chi connectivity index (χ3v) is 4.85. The molecule has 3 aromatic carbocycles. The van der Waals surface area contributed by atoms with Crippen LogP contribution in [0.4, 0.5) is 5.69 Å². The molecule has 3 rings (SSSR count). The van der Waals surface area contributed by atoms with Gasteiger partial charge in [-0.2, -0.15) is 5.10 Å². The molecule has 0 aliphatic rings. The summed E-state index contributed by atoms with van der Waals surface area (Å²) in [6.07, 6.45) is 1.69. The second kappa shape index (κ2) is 10.4. The molecule has 0 spiro atoms. The monoisotopic (exact) mass is 448 g/mol. The van der Waals surface area contributed by atoms with E-state index >= 15 is 0 Å². The molecule has 0 aliphatic heterocycles. The maximum Gasteiger partial charge on any atom is 0.161 e. The van der Waals surface area contributed by atoms with Crippen LogP contribution in [0.2, 0.25) is 15.1 Å². The Labute approximate surface area is 185 Å². The molecule has 0 aliphatic carbocycles. The Morgan fingerprint density at radius 3 is 2.52 bits per heavy atom. The van der Waals surface area contributed by atoms with E-state index in [0.717, 1.165) is 16.8 Å². The first-order valence-electron chi connectivity index (χ1n) is 8.93. The fourth-order valence-corrected chi connectivity index (χ4v) is 3.04. The molecule has 0 radical (unpaired) electrons. The summed E-state index contributed by atoms with van der Waals surface area (Å²) in [5, 5.41) is 5.87. The third-order valence-electron chi connectivity index (χ3n) is 3.88. The molecule has 4 nitrogen and oxygen atoms in total. The fourth-order valence-electron chi connectivity index (χ4n) is 2.53. The van der Waals surface area contributed by atoms with Crippen molar-refractivity contribution in [3.05, 3.63) is 86.9 Å². The van der Waals surface area contributed by atoms with Crippen LogP contribution in [0.5, 0.6) is 11.5 Å². The van der Waals surface area contributed by atoms with Crippen LogP contribution in [-0.2, 0) is 6.61 Å². The Bertz CT molecular complexity index is 1010. The molecule has 0 bridgehead atoms. The van der Waals surface area contributed by atoms with Gasteiger partial charge in [-0.05, 0) is 66.6 Å². The van der Waals surface area contributed by atoms with Gasteiger partial charge in [-0.1, -0.05) is 46.9 Å². The molecular formula is C22H19Cl3N2O2. The number of hydrazone groups is 1. The topological polar surface area (TPSA) is 42.8 Å².